The van der Waals surface area contributed by atoms with Crippen molar-refractivity contribution in [2.45, 2.75) is 20.5 Å². The third kappa shape index (κ3) is 5.04. The summed E-state index contributed by atoms with van der Waals surface area (Å²) in [6.45, 7) is 4.22. The lowest BCUT2D eigenvalue weighted by molar-refractivity contribution is 0.141. The van der Waals surface area contributed by atoms with E-state index in [1.807, 2.05) is 44.2 Å². The summed E-state index contributed by atoms with van der Waals surface area (Å²) in [5.41, 5.74) is 9.19. The zero-order valence-electron chi connectivity index (χ0n) is 13.2. The molecular formula is C18H19N3O2. The monoisotopic (exact) mass is 309 g/mol. The summed E-state index contributed by atoms with van der Waals surface area (Å²) in [7, 11) is 0. The van der Waals surface area contributed by atoms with E-state index < -0.39 is 6.09 Å². The van der Waals surface area contributed by atoms with Gasteiger partial charge in [-0.05, 0) is 31.0 Å². The van der Waals surface area contributed by atoms with Crippen molar-refractivity contribution >= 4 is 11.9 Å². The molecule has 0 saturated carbocycles. The molecule has 0 bridgehead atoms. The Balaban J connectivity index is 1.83. The van der Waals surface area contributed by atoms with Gasteiger partial charge in [-0.3, -0.25) is 0 Å². The van der Waals surface area contributed by atoms with E-state index >= 15 is 0 Å². The number of nitrogens with zero attached hydrogens (tertiary/aromatic N) is 1. The second-order valence-corrected chi connectivity index (χ2v) is 5.04. The number of alkyl carbamates (subject to hydrolysis) is 1. The van der Waals surface area contributed by atoms with Crippen molar-refractivity contribution in [2.75, 3.05) is 12.3 Å². The Morgan fingerprint density at radius 3 is 2.74 bits per heavy atom. The normalized spacial score (nSPS) is 9.65. The molecule has 0 radical (unpaired) electrons. The number of ether oxygens (including phenoxy) is 1. The van der Waals surface area contributed by atoms with Gasteiger partial charge in [-0.15, -0.1) is 0 Å². The van der Waals surface area contributed by atoms with Crippen LogP contribution in [0.15, 0.2) is 36.4 Å². The molecule has 0 spiro atoms. The molecule has 0 unspecified atom stereocenters. The van der Waals surface area contributed by atoms with Crippen LogP contribution in [-0.4, -0.2) is 17.6 Å². The maximum absolute atomic E-state index is 11.6. The summed E-state index contributed by atoms with van der Waals surface area (Å²) in [6, 6.07) is 11.3. The summed E-state index contributed by atoms with van der Waals surface area (Å²) < 4.78 is 5.10. The number of pyridine rings is 1. The van der Waals surface area contributed by atoms with Gasteiger partial charge >= 0.3 is 6.09 Å². The summed E-state index contributed by atoms with van der Waals surface area (Å²) in [5.74, 6) is 6.37. The van der Waals surface area contributed by atoms with E-state index in [0.29, 0.717) is 5.82 Å². The number of benzene rings is 1. The molecule has 1 amide bonds. The number of carbonyl (C=O) groups excluding carboxylic acids is 1. The van der Waals surface area contributed by atoms with E-state index in [1.54, 1.807) is 6.07 Å². The Kier molecular flexibility index (Phi) is 5.59. The van der Waals surface area contributed by atoms with E-state index in [1.165, 1.54) is 0 Å². The first-order valence-electron chi connectivity index (χ1n) is 7.23. The van der Waals surface area contributed by atoms with Crippen molar-refractivity contribution in [3.05, 3.63) is 58.8 Å². The third-order valence-corrected chi connectivity index (χ3v) is 3.16. The predicted molar refractivity (Wildman–Crippen MR) is 89.6 cm³/mol. The van der Waals surface area contributed by atoms with E-state index in [2.05, 4.69) is 22.1 Å². The first-order chi connectivity index (χ1) is 11.1. The SMILES string of the molecule is Cc1cc(N)nc(C)c1C#CCNC(=O)OCc1ccccc1. The van der Waals surface area contributed by atoms with E-state index in [0.717, 1.165) is 22.4 Å². The molecule has 0 aliphatic heterocycles. The van der Waals surface area contributed by atoms with Crippen LogP contribution in [0.4, 0.5) is 10.6 Å². The number of carbonyl (C=O) groups is 1. The van der Waals surface area contributed by atoms with Gasteiger partial charge in [0, 0.05) is 5.56 Å². The number of aryl methyl sites for hydroxylation is 2. The van der Waals surface area contributed by atoms with E-state index in [-0.39, 0.29) is 13.2 Å². The number of nitrogens with two attached hydrogens (primary N) is 1. The minimum atomic E-state index is -0.493. The highest BCUT2D eigenvalue weighted by atomic mass is 16.5. The number of nitrogen functional groups attached to an aromatic ring is 1. The summed E-state index contributed by atoms with van der Waals surface area (Å²) in [6.07, 6.45) is -0.493. The van der Waals surface area contributed by atoms with Gasteiger partial charge in [0.1, 0.15) is 12.4 Å². The molecule has 1 heterocycles. The summed E-state index contributed by atoms with van der Waals surface area (Å²) >= 11 is 0. The Bertz CT molecular complexity index is 723. The molecule has 23 heavy (non-hydrogen) atoms. The molecule has 1 aromatic carbocycles. The highest BCUT2D eigenvalue weighted by molar-refractivity contribution is 5.67. The molecule has 1 aromatic heterocycles. The Labute approximate surface area is 135 Å². The lowest BCUT2D eigenvalue weighted by Gasteiger charge is -2.05. The minimum absolute atomic E-state index is 0.205. The lowest BCUT2D eigenvalue weighted by atomic mass is 10.1. The van der Waals surface area contributed by atoms with Crippen LogP contribution in [0.3, 0.4) is 0 Å². The van der Waals surface area contributed by atoms with E-state index in [4.69, 9.17) is 10.5 Å². The van der Waals surface area contributed by atoms with Crippen LogP contribution in [0, 0.1) is 25.7 Å². The Morgan fingerprint density at radius 2 is 2.04 bits per heavy atom. The number of hydrogen-bond donors (Lipinski definition) is 2. The van der Waals surface area contributed by atoms with Crippen molar-refractivity contribution in [3.8, 4) is 11.8 Å². The first-order valence-corrected chi connectivity index (χ1v) is 7.23. The number of hydrogen-bond acceptors (Lipinski definition) is 4. The number of amides is 1. The van der Waals surface area contributed by atoms with Crippen LogP contribution in [0.2, 0.25) is 0 Å². The van der Waals surface area contributed by atoms with Crippen LogP contribution in [0.1, 0.15) is 22.4 Å². The molecule has 2 aromatic rings. The average molecular weight is 309 g/mol. The third-order valence-electron chi connectivity index (χ3n) is 3.16. The van der Waals surface area contributed by atoms with Crippen LogP contribution in [0.25, 0.3) is 0 Å². The number of anilines is 1. The summed E-state index contributed by atoms with van der Waals surface area (Å²) in [4.78, 5) is 15.8. The maximum atomic E-state index is 11.6. The van der Waals surface area contributed by atoms with Crippen molar-refractivity contribution in [3.63, 3.8) is 0 Å². The molecule has 0 fully saturated rings. The number of nitrogens with one attached hydrogen (secondary N) is 1. The summed E-state index contributed by atoms with van der Waals surface area (Å²) in [5, 5.41) is 2.59. The molecule has 0 atom stereocenters. The van der Waals surface area contributed by atoms with Crippen molar-refractivity contribution < 1.29 is 9.53 Å². The molecular weight excluding hydrogens is 290 g/mol. The molecule has 3 N–H and O–H groups in total. The second kappa shape index (κ2) is 7.85. The topological polar surface area (TPSA) is 77.2 Å². The van der Waals surface area contributed by atoms with Crippen LogP contribution in [-0.2, 0) is 11.3 Å². The standard InChI is InChI=1S/C18H19N3O2/c1-13-11-17(19)21-14(2)16(13)9-6-10-20-18(22)23-12-15-7-4-3-5-8-15/h3-5,7-8,11H,10,12H2,1-2H3,(H2,19,21)(H,20,22). The zero-order valence-corrected chi connectivity index (χ0v) is 13.2. The molecule has 0 saturated heterocycles. The fraction of sp³-hybridized carbons (Fsp3) is 0.222. The van der Waals surface area contributed by atoms with Gasteiger partial charge in [-0.25, -0.2) is 9.78 Å². The predicted octanol–water partition coefficient (Wildman–Crippen LogP) is 2.56. The maximum Gasteiger partial charge on any atom is 0.408 e. The number of aromatic nitrogens is 1. The molecule has 2 rings (SSSR count). The van der Waals surface area contributed by atoms with Crippen LogP contribution >= 0.6 is 0 Å². The molecule has 118 valence electrons. The molecule has 5 nitrogen and oxygen atoms in total. The van der Waals surface area contributed by atoms with E-state index in [9.17, 15) is 4.79 Å². The molecule has 0 aliphatic rings. The smallest absolute Gasteiger partial charge is 0.408 e. The zero-order chi connectivity index (χ0) is 16.7. The van der Waals surface area contributed by atoms with Gasteiger partial charge in [0.2, 0.25) is 0 Å². The molecule has 5 heteroatoms. The second-order valence-electron chi connectivity index (χ2n) is 5.04. The first kappa shape index (κ1) is 16.4. The van der Waals surface area contributed by atoms with Gasteiger partial charge in [-0.1, -0.05) is 42.2 Å². The van der Waals surface area contributed by atoms with Gasteiger partial charge in [0.25, 0.3) is 0 Å². The fourth-order valence-electron chi connectivity index (χ4n) is 2.07. The Morgan fingerprint density at radius 1 is 1.30 bits per heavy atom. The number of rotatable bonds is 3. The van der Waals surface area contributed by atoms with Crippen molar-refractivity contribution in [1.82, 2.24) is 10.3 Å². The van der Waals surface area contributed by atoms with Crippen LogP contribution < -0.4 is 11.1 Å². The van der Waals surface area contributed by atoms with Gasteiger partial charge in [0.05, 0.1) is 12.2 Å². The van der Waals surface area contributed by atoms with Gasteiger partial charge in [0.15, 0.2) is 0 Å². The minimum Gasteiger partial charge on any atom is -0.445 e. The highest BCUT2D eigenvalue weighted by Crippen LogP contribution is 2.12. The Hall–Kier alpha value is -3.00. The molecule has 0 aliphatic carbocycles. The fourth-order valence-corrected chi connectivity index (χ4v) is 2.07. The van der Waals surface area contributed by atoms with Crippen molar-refractivity contribution in [2.24, 2.45) is 0 Å². The van der Waals surface area contributed by atoms with Crippen LogP contribution in [0.5, 0.6) is 0 Å². The average Bonchev–Trinajstić information content (AvgIpc) is 2.52. The quantitative estimate of drug-likeness (QED) is 0.854. The van der Waals surface area contributed by atoms with Gasteiger partial charge < -0.3 is 15.8 Å². The largest absolute Gasteiger partial charge is 0.445 e. The van der Waals surface area contributed by atoms with Crippen molar-refractivity contribution in [1.29, 1.82) is 0 Å². The highest BCUT2D eigenvalue weighted by Gasteiger charge is 2.03. The lowest BCUT2D eigenvalue weighted by Crippen LogP contribution is -2.24. The van der Waals surface area contributed by atoms with Gasteiger partial charge in [-0.2, -0.15) is 0 Å².